The van der Waals surface area contributed by atoms with Gasteiger partial charge in [-0.2, -0.15) is 5.10 Å². The summed E-state index contributed by atoms with van der Waals surface area (Å²) in [5.41, 5.74) is 0.863. The fraction of sp³-hybridized carbons (Fsp3) is 0.500. The van der Waals surface area contributed by atoms with Crippen molar-refractivity contribution in [1.82, 2.24) is 20.0 Å². The molecular formula is C10H14N4O3S. The number of thioether (sulfide) groups is 1. The number of aliphatic carboxylic acids is 1. The molecule has 18 heavy (non-hydrogen) atoms. The lowest BCUT2D eigenvalue weighted by Crippen LogP contribution is -2.46. The van der Waals surface area contributed by atoms with Gasteiger partial charge >= 0.3 is 12.0 Å². The van der Waals surface area contributed by atoms with Gasteiger partial charge in [0, 0.05) is 19.0 Å². The average molecular weight is 270 g/mol. The molecule has 1 aliphatic rings. The van der Waals surface area contributed by atoms with E-state index in [0.717, 1.165) is 5.69 Å². The minimum Gasteiger partial charge on any atom is -0.480 e. The van der Waals surface area contributed by atoms with Gasteiger partial charge in [0.2, 0.25) is 0 Å². The summed E-state index contributed by atoms with van der Waals surface area (Å²) in [6, 6.07) is 0.711. The van der Waals surface area contributed by atoms with Crippen LogP contribution in [0.15, 0.2) is 12.3 Å². The number of urea groups is 1. The van der Waals surface area contributed by atoms with E-state index >= 15 is 0 Å². The van der Waals surface area contributed by atoms with Crippen molar-refractivity contribution in [2.45, 2.75) is 12.6 Å². The van der Waals surface area contributed by atoms with Crippen molar-refractivity contribution < 1.29 is 14.7 Å². The van der Waals surface area contributed by atoms with Gasteiger partial charge in [-0.25, -0.2) is 9.59 Å². The third kappa shape index (κ3) is 2.58. The predicted octanol–water partition coefficient (Wildman–Crippen LogP) is 0.0892. The molecule has 1 fully saturated rings. The van der Waals surface area contributed by atoms with E-state index < -0.39 is 12.0 Å². The fourth-order valence-corrected chi connectivity index (χ4v) is 2.83. The zero-order valence-electron chi connectivity index (χ0n) is 9.87. The number of carboxylic acids is 1. The second-order valence-corrected chi connectivity index (χ2v) is 4.93. The highest BCUT2D eigenvalue weighted by atomic mass is 32.2. The highest BCUT2D eigenvalue weighted by Gasteiger charge is 2.34. The Morgan fingerprint density at radius 2 is 2.44 bits per heavy atom. The maximum atomic E-state index is 11.9. The van der Waals surface area contributed by atoms with E-state index in [4.69, 9.17) is 5.11 Å². The topological polar surface area (TPSA) is 87.5 Å². The summed E-state index contributed by atoms with van der Waals surface area (Å²) in [6.45, 7) is 0.336. The van der Waals surface area contributed by atoms with Crippen LogP contribution >= 0.6 is 11.8 Å². The number of hydrogen-bond acceptors (Lipinski definition) is 4. The molecule has 1 aliphatic heterocycles. The van der Waals surface area contributed by atoms with Crippen LogP contribution in [0.2, 0.25) is 0 Å². The zero-order valence-corrected chi connectivity index (χ0v) is 10.7. The zero-order chi connectivity index (χ0) is 13.1. The molecule has 1 saturated heterocycles. The van der Waals surface area contributed by atoms with Gasteiger partial charge in [0.15, 0.2) is 0 Å². The summed E-state index contributed by atoms with van der Waals surface area (Å²) < 4.78 is 1.66. The first-order chi connectivity index (χ1) is 8.59. The molecular weight excluding hydrogens is 256 g/mol. The van der Waals surface area contributed by atoms with Gasteiger partial charge in [-0.05, 0) is 6.07 Å². The Kier molecular flexibility index (Phi) is 3.75. The third-order valence-corrected chi connectivity index (χ3v) is 3.78. The number of carboxylic acid groups (broad SMARTS) is 1. The Bertz CT molecular complexity index is 462. The van der Waals surface area contributed by atoms with Gasteiger partial charge in [0.25, 0.3) is 0 Å². The summed E-state index contributed by atoms with van der Waals surface area (Å²) in [4.78, 5) is 24.2. The number of amides is 2. The van der Waals surface area contributed by atoms with E-state index in [0.29, 0.717) is 18.2 Å². The molecule has 2 heterocycles. The molecule has 7 nitrogen and oxygen atoms in total. The maximum absolute atomic E-state index is 11.9. The Morgan fingerprint density at radius 3 is 3.06 bits per heavy atom. The molecule has 0 radical (unpaired) electrons. The van der Waals surface area contributed by atoms with Gasteiger partial charge in [0.1, 0.15) is 6.04 Å². The van der Waals surface area contributed by atoms with Gasteiger partial charge in [-0.1, -0.05) is 0 Å². The predicted molar refractivity (Wildman–Crippen MR) is 66.0 cm³/mol. The van der Waals surface area contributed by atoms with E-state index in [1.807, 2.05) is 0 Å². The van der Waals surface area contributed by atoms with E-state index in [1.54, 1.807) is 24.0 Å². The highest BCUT2D eigenvalue weighted by Crippen LogP contribution is 2.20. The first-order valence-corrected chi connectivity index (χ1v) is 6.57. The lowest BCUT2D eigenvalue weighted by Gasteiger charge is -2.20. The number of carbonyl (C=O) groups excluding carboxylic acids is 1. The van der Waals surface area contributed by atoms with E-state index in [9.17, 15) is 9.59 Å². The number of nitrogens with zero attached hydrogens (tertiary/aromatic N) is 3. The van der Waals surface area contributed by atoms with Crippen molar-refractivity contribution >= 4 is 23.8 Å². The van der Waals surface area contributed by atoms with Crippen LogP contribution in [-0.4, -0.2) is 49.5 Å². The molecule has 1 aromatic rings. The smallest absolute Gasteiger partial charge is 0.327 e. The molecule has 8 heteroatoms. The monoisotopic (exact) mass is 270 g/mol. The Balaban J connectivity index is 1.92. The molecule has 1 aromatic heterocycles. The van der Waals surface area contributed by atoms with Gasteiger partial charge in [-0.3, -0.25) is 4.68 Å². The maximum Gasteiger partial charge on any atom is 0.327 e. The fourth-order valence-electron chi connectivity index (χ4n) is 1.69. The molecule has 98 valence electrons. The molecule has 2 rings (SSSR count). The number of hydrogen-bond donors (Lipinski definition) is 2. The number of nitrogens with one attached hydrogen (secondary N) is 1. The van der Waals surface area contributed by atoms with Crippen LogP contribution < -0.4 is 5.32 Å². The minimum absolute atomic E-state index is 0.336. The molecule has 0 spiro atoms. The van der Waals surface area contributed by atoms with Crippen LogP contribution in [0.1, 0.15) is 5.69 Å². The summed E-state index contributed by atoms with van der Waals surface area (Å²) in [6.07, 6.45) is 1.65. The summed E-state index contributed by atoms with van der Waals surface area (Å²) >= 11 is 1.44. The van der Waals surface area contributed by atoms with Crippen LogP contribution in [0.3, 0.4) is 0 Å². The molecule has 2 N–H and O–H groups in total. The standard InChI is InChI=1S/C10H14N4O3S/c1-13-7(2-3-12-13)4-11-10(17)14-6-18-5-8(14)9(15)16/h2-3,8H,4-6H2,1H3,(H,11,17)(H,15,16)/t8-/m0/s1. The summed E-state index contributed by atoms with van der Waals surface area (Å²) in [5.74, 6) is -0.112. The highest BCUT2D eigenvalue weighted by molar-refractivity contribution is 7.99. The van der Waals surface area contributed by atoms with Crippen LogP contribution in [-0.2, 0) is 18.4 Å². The van der Waals surface area contributed by atoms with Crippen LogP contribution in [0.5, 0.6) is 0 Å². The summed E-state index contributed by atoms with van der Waals surface area (Å²) in [5, 5.41) is 15.7. The first-order valence-electron chi connectivity index (χ1n) is 5.41. The van der Waals surface area contributed by atoms with E-state index in [2.05, 4.69) is 10.4 Å². The molecule has 0 bridgehead atoms. The number of rotatable bonds is 3. The van der Waals surface area contributed by atoms with Crippen molar-refractivity contribution in [3.8, 4) is 0 Å². The van der Waals surface area contributed by atoms with Crippen molar-refractivity contribution in [2.75, 3.05) is 11.6 Å². The second kappa shape index (κ2) is 5.30. The first kappa shape index (κ1) is 12.7. The Morgan fingerprint density at radius 1 is 1.67 bits per heavy atom. The number of aryl methyl sites for hydroxylation is 1. The normalized spacial score (nSPS) is 18.9. The van der Waals surface area contributed by atoms with Crippen LogP contribution in [0, 0.1) is 0 Å². The van der Waals surface area contributed by atoms with Crippen molar-refractivity contribution in [3.63, 3.8) is 0 Å². The Labute approximate surface area is 108 Å². The SMILES string of the molecule is Cn1nccc1CNC(=O)N1CSC[C@H]1C(=O)O. The van der Waals surface area contributed by atoms with E-state index in [-0.39, 0.29) is 6.03 Å². The lowest BCUT2D eigenvalue weighted by atomic mass is 10.3. The number of aromatic nitrogens is 2. The van der Waals surface area contributed by atoms with Crippen molar-refractivity contribution in [3.05, 3.63) is 18.0 Å². The largest absolute Gasteiger partial charge is 0.480 e. The summed E-state index contributed by atoms with van der Waals surface area (Å²) in [7, 11) is 1.78. The second-order valence-electron chi connectivity index (χ2n) is 3.93. The van der Waals surface area contributed by atoms with Gasteiger partial charge in [0.05, 0.1) is 18.1 Å². The molecule has 0 saturated carbocycles. The average Bonchev–Trinajstić information content (AvgIpc) is 2.94. The quantitative estimate of drug-likeness (QED) is 0.812. The van der Waals surface area contributed by atoms with Gasteiger partial charge in [-0.15, -0.1) is 11.8 Å². The molecule has 0 unspecified atom stereocenters. The minimum atomic E-state index is -0.962. The van der Waals surface area contributed by atoms with Crippen LogP contribution in [0.4, 0.5) is 4.79 Å². The van der Waals surface area contributed by atoms with Crippen molar-refractivity contribution in [1.29, 1.82) is 0 Å². The van der Waals surface area contributed by atoms with Crippen molar-refractivity contribution in [2.24, 2.45) is 7.05 Å². The lowest BCUT2D eigenvalue weighted by molar-refractivity contribution is -0.140. The number of carbonyl (C=O) groups is 2. The molecule has 0 aromatic carbocycles. The molecule has 2 amide bonds. The molecule has 0 aliphatic carbocycles. The van der Waals surface area contributed by atoms with Gasteiger partial charge < -0.3 is 15.3 Å². The third-order valence-electron chi connectivity index (χ3n) is 2.77. The van der Waals surface area contributed by atoms with E-state index in [1.165, 1.54) is 16.7 Å². The molecule has 1 atom stereocenters. The Hall–Kier alpha value is -1.70. The van der Waals surface area contributed by atoms with Crippen LogP contribution in [0.25, 0.3) is 0 Å².